The zero-order valence-corrected chi connectivity index (χ0v) is 20.8. The number of carbonyl (C=O) groups excluding carboxylic acids is 2. The Balaban J connectivity index is 1.57. The molecule has 6 N–H and O–H groups in total. The van der Waals surface area contributed by atoms with Crippen LogP contribution < -0.4 is 32.8 Å². The third kappa shape index (κ3) is 6.91. The predicted octanol–water partition coefficient (Wildman–Crippen LogP) is 1.58. The van der Waals surface area contributed by atoms with E-state index in [9.17, 15) is 14.4 Å². The molecule has 3 amide bonds. The number of hydrazine groups is 1. The normalized spacial score (nSPS) is 10.4. The van der Waals surface area contributed by atoms with Gasteiger partial charge in [-0.25, -0.2) is 9.78 Å². The summed E-state index contributed by atoms with van der Waals surface area (Å²) in [5.74, 6) is -0.513. The van der Waals surface area contributed by atoms with Crippen LogP contribution >= 0.6 is 22.6 Å². The van der Waals surface area contributed by atoms with Crippen molar-refractivity contribution in [1.82, 2.24) is 30.6 Å². The number of halogens is 1. The minimum absolute atomic E-state index is 0.118. The van der Waals surface area contributed by atoms with Gasteiger partial charge in [-0.15, -0.1) is 0 Å². The fourth-order valence-electron chi connectivity index (χ4n) is 2.99. The van der Waals surface area contributed by atoms with Crippen LogP contribution in [-0.4, -0.2) is 26.5 Å². The molecule has 2 heterocycles. The Bertz CT molecular complexity index is 1260. The van der Waals surface area contributed by atoms with Gasteiger partial charge in [0.2, 0.25) is 11.7 Å². The van der Waals surface area contributed by atoms with Gasteiger partial charge in [-0.1, -0.05) is 12.1 Å². The maximum Gasteiger partial charge on any atom is 0.333 e. The fourth-order valence-corrected chi connectivity index (χ4v) is 3.59. The summed E-state index contributed by atoms with van der Waals surface area (Å²) in [5, 5.41) is 5.40. The van der Waals surface area contributed by atoms with Crippen LogP contribution in [0.4, 0.5) is 16.3 Å². The van der Waals surface area contributed by atoms with Crippen LogP contribution in [0.3, 0.4) is 0 Å². The van der Waals surface area contributed by atoms with Crippen LogP contribution in [0.25, 0.3) is 0 Å². The van der Waals surface area contributed by atoms with Crippen LogP contribution in [0.15, 0.2) is 47.4 Å². The molecular formula is C22H25IN8O3. The lowest BCUT2D eigenvalue weighted by Gasteiger charge is -2.14. The van der Waals surface area contributed by atoms with E-state index in [2.05, 4.69) is 54.0 Å². The third-order valence-corrected chi connectivity index (χ3v) is 5.46. The molecule has 0 spiro atoms. The highest BCUT2D eigenvalue weighted by Gasteiger charge is 2.13. The lowest BCUT2D eigenvalue weighted by Crippen LogP contribution is -2.41. The van der Waals surface area contributed by atoms with E-state index in [0.29, 0.717) is 23.6 Å². The van der Waals surface area contributed by atoms with Crippen molar-refractivity contribution in [2.75, 3.05) is 11.2 Å². The average Bonchev–Trinajstić information content (AvgIpc) is 2.80. The van der Waals surface area contributed by atoms with E-state index in [0.717, 1.165) is 14.8 Å². The van der Waals surface area contributed by atoms with E-state index >= 15 is 0 Å². The van der Waals surface area contributed by atoms with Gasteiger partial charge in [0.1, 0.15) is 6.54 Å². The highest BCUT2D eigenvalue weighted by molar-refractivity contribution is 14.1. The summed E-state index contributed by atoms with van der Waals surface area (Å²) in [4.78, 5) is 45.6. The van der Waals surface area contributed by atoms with E-state index in [-0.39, 0.29) is 18.9 Å². The molecule has 0 aliphatic carbocycles. The molecular weight excluding hydrogens is 551 g/mol. The molecule has 0 saturated carbocycles. The van der Waals surface area contributed by atoms with Crippen molar-refractivity contribution < 1.29 is 9.59 Å². The number of hydrogen-bond acceptors (Lipinski definition) is 7. The first-order valence-electron chi connectivity index (χ1n) is 10.3. The van der Waals surface area contributed by atoms with E-state index in [1.165, 1.54) is 10.8 Å². The topological polar surface area (TPSA) is 156 Å². The molecule has 11 nitrogen and oxygen atoms in total. The second-order valence-electron chi connectivity index (χ2n) is 7.47. The van der Waals surface area contributed by atoms with Crippen molar-refractivity contribution in [2.45, 2.75) is 33.5 Å². The van der Waals surface area contributed by atoms with Crippen molar-refractivity contribution in [2.24, 2.45) is 0 Å². The molecule has 0 bridgehead atoms. The number of anilines is 2. The molecule has 0 aliphatic heterocycles. The monoisotopic (exact) mass is 576 g/mol. The molecule has 12 heteroatoms. The Labute approximate surface area is 209 Å². The number of hydrogen-bond donors (Lipinski definition) is 5. The van der Waals surface area contributed by atoms with Crippen molar-refractivity contribution in [3.63, 3.8) is 0 Å². The minimum Gasteiger partial charge on any atom is -0.397 e. The number of urea groups is 1. The van der Waals surface area contributed by atoms with Gasteiger partial charge >= 0.3 is 6.03 Å². The number of aromatic nitrogens is 3. The molecule has 178 valence electrons. The molecule has 34 heavy (non-hydrogen) atoms. The van der Waals surface area contributed by atoms with Crippen LogP contribution in [0.2, 0.25) is 0 Å². The highest BCUT2D eigenvalue weighted by Crippen LogP contribution is 2.09. The van der Waals surface area contributed by atoms with Crippen molar-refractivity contribution >= 4 is 46.0 Å². The Morgan fingerprint density at radius 2 is 1.91 bits per heavy atom. The smallest absolute Gasteiger partial charge is 0.333 e. The first kappa shape index (κ1) is 25.0. The standard InChI is InChI=1S/C22H25IN8O3/c1-13-6-7-17(24)18(28-13)11-25-19(32)12-31-14(2)9-26-20(21(31)33)29-30-22(34)27-10-15-4-3-5-16(23)8-15/h3-9H,10-12,24H2,1-2H3,(H,25,32)(H,26,29)(H2,27,30,34). The second kappa shape index (κ2) is 11.4. The number of pyridine rings is 1. The molecule has 0 radical (unpaired) electrons. The summed E-state index contributed by atoms with van der Waals surface area (Å²) in [7, 11) is 0. The lowest BCUT2D eigenvalue weighted by molar-refractivity contribution is -0.121. The fraction of sp³-hybridized carbons (Fsp3) is 0.227. The first-order chi connectivity index (χ1) is 16.2. The van der Waals surface area contributed by atoms with Gasteiger partial charge in [0.15, 0.2) is 0 Å². The number of benzene rings is 1. The largest absolute Gasteiger partial charge is 0.397 e. The molecule has 2 aromatic heterocycles. The molecule has 0 unspecified atom stereocenters. The van der Waals surface area contributed by atoms with Gasteiger partial charge in [0.05, 0.1) is 17.9 Å². The van der Waals surface area contributed by atoms with Crippen molar-refractivity contribution in [1.29, 1.82) is 0 Å². The van der Waals surface area contributed by atoms with E-state index in [1.54, 1.807) is 19.1 Å². The maximum atomic E-state index is 12.8. The lowest BCUT2D eigenvalue weighted by atomic mass is 10.2. The summed E-state index contributed by atoms with van der Waals surface area (Å²) >= 11 is 2.19. The molecule has 3 aromatic rings. The van der Waals surface area contributed by atoms with E-state index in [4.69, 9.17) is 5.73 Å². The number of nitrogens with two attached hydrogens (primary N) is 1. The third-order valence-electron chi connectivity index (χ3n) is 4.79. The SMILES string of the molecule is Cc1ccc(N)c(CNC(=O)Cn2c(C)cnc(NNC(=O)NCc3cccc(I)c3)c2=O)n1. The quantitative estimate of drug-likeness (QED) is 0.201. The van der Waals surface area contributed by atoms with Gasteiger partial charge in [0, 0.05) is 27.7 Å². The Morgan fingerprint density at radius 1 is 1.12 bits per heavy atom. The van der Waals surface area contributed by atoms with Gasteiger partial charge in [-0.2, -0.15) is 0 Å². The van der Waals surface area contributed by atoms with Gasteiger partial charge in [-0.05, 0) is 66.3 Å². The van der Waals surface area contributed by atoms with Gasteiger partial charge in [-0.3, -0.25) is 30.0 Å². The minimum atomic E-state index is -0.554. The van der Waals surface area contributed by atoms with Crippen molar-refractivity contribution in [3.8, 4) is 0 Å². The summed E-state index contributed by atoms with van der Waals surface area (Å²) in [6.45, 7) is 3.71. The molecule has 0 fully saturated rings. The maximum absolute atomic E-state index is 12.8. The molecule has 1 aromatic carbocycles. The molecule has 0 saturated heterocycles. The Hall–Kier alpha value is -3.68. The van der Waals surface area contributed by atoms with Crippen LogP contribution in [0, 0.1) is 17.4 Å². The Kier molecular flexibility index (Phi) is 8.40. The number of nitrogens with zero attached hydrogens (tertiary/aromatic N) is 3. The first-order valence-corrected chi connectivity index (χ1v) is 11.4. The van der Waals surface area contributed by atoms with Gasteiger partial charge in [0.25, 0.3) is 5.56 Å². The van der Waals surface area contributed by atoms with Crippen molar-refractivity contribution in [3.05, 3.63) is 79.2 Å². The average molecular weight is 576 g/mol. The number of nitrogen functional groups attached to an aromatic ring is 1. The number of aryl methyl sites for hydroxylation is 2. The van der Waals surface area contributed by atoms with E-state index < -0.39 is 17.5 Å². The van der Waals surface area contributed by atoms with Gasteiger partial charge < -0.3 is 16.4 Å². The summed E-state index contributed by atoms with van der Waals surface area (Å²) in [6.07, 6.45) is 1.43. The number of nitrogens with one attached hydrogen (secondary N) is 4. The van der Waals surface area contributed by atoms with Crippen LogP contribution in [-0.2, 0) is 24.4 Å². The predicted molar refractivity (Wildman–Crippen MR) is 137 cm³/mol. The number of rotatable bonds is 8. The summed E-state index contributed by atoms with van der Waals surface area (Å²) < 4.78 is 2.31. The zero-order chi connectivity index (χ0) is 24.7. The highest BCUT2D eigenvalue weighted by atomic mass is 127. The summed E-state index contributed by atoms with van der Waals surface area (Å²) in [6, 6.07) is 10.7. The Morgan fingerprint density at radius 3 is 2.68 bits per heavy atom. The van der Waals surface area contributed by atoms with Crippen LogP contribution in [0.1, 0.15) is 22.6 Å². The van der Waals surface area contributed by atoms with E-state index in [1.807, 2.05) is 31.2 Å². The zero-order valence-electron chi connectivity index (χ0n) is 18.7. The molecule has 3 rings (SSSR count). The molecule has 0 aliphatic rings. The second-order valence-corrected chi connectivity index (χ2v) is 8.71. The summed E-state index contributed by atoms with van der Waals surface area (Å²) in [5.41, 5.74) is 13.5. The number of carbonyl (C=O) groups is 2. The molecule has 0 atom stereocenters. The van der Waals surface area contributed by atoms with Crippen LogP contribution in [0.5, 0.6) is 0 Å². The number of amides is 3.